The average Bonchev–Trinajstić information content (AvgIpc) is 2.58. The molecule has 0 aliphatic rings. The van der Waals surface area contributed by atoms with Crippen LogP contribution in [0.1, 0.15) is 10.4 Å². The number of benzene rings is 3. The number of nitrogen functional groups attached to an aromatic ring is 1. The molecule has 3 nitrogen and oxygen atoms in total. The van der Waals surface area contributed by atoms with Crippen LogP contribution in [0.3, 0.4) is 0 Å². The molecule has 1 amide bonds. The highest BCUT2D eigenvalue weighted by molar-refractivity contribution is 7.99. The van der Waals surface area contributed by atoms with E-state index in [1.165, 1.54) is 0 Å². The van der Waals surface area contributed by atoms with Crippen molar-refractivity contribution >= 4 is 29.0 Å². The summed E-state index contributed by atoms with van der Waals surface area (Å²) in [5.74, 6) is -0.147. The smallest absolute Gasteiger partial charge is 0.255 e. The van der Waals surface area contributed by atoms with Crippen LogP contribution < -0.4 is 11.1 Å². The number of anilines is 2. The molecule has 0 radical (unpaired) electrons. The second-order valence-corrected chi connectivity index (χ2v) is 6.10. The largest absolute Gasteiger partial charge is 0.399 e. The summed E-state index contributed by atoms with van der Waals surface area (Å²) >= 11 is 1.62. The average molecular weight is 320 g/mol. The third-order valence-corrected chi connectivity index (χ3v) is 4.36. The number of carbonyl (C=O) groups excluding carboxylic acids is 1. The van der Waals surface area contributed by atoms with E-state index in [4.69, 9.17) is 5.73 Å². The Hall–Kier alpha value is -2.72. The Balaban J connectivity index is 1.80. The third-order valence-electron chi connectivity index (χ3n) is 3.28. The number of nitrogens with two attached hydrogens (primary N) is 1. The van der Waals surface area contributed by atoms with E-state index in [0.29, 0.717) is 11.3 Å². The van der Waals surface area contributed by atoms with Crippen LogP contribution in [-0.2, 0) is 0 Å². The van der Waals surface area contributed by atoms with Gasteiger partial charge in [-0.2, -0.15) is 0 Å². The lowest BCUT2D eigenvalue weighted by atomic mass is 10.2. The molecule has 0 aliphatic carbocycles. The number of amides is 1. The van der Waals surface area contributed by atoms with Crippen LogP contribution in [0, 0.1) is 0 Å². The van der Waals surface area contributed by atoms with Gasteiger partial charge in [0.2, 0.25) is 0 Å². The van der Waals surface area contributed by atoms with E-state index in [-0.39, 0.29) is 5.91 Å². The Bertz CT molecular complexity index is 801. The highest BCUT2D eigenvalue weighted by atomic mass is 32.2. The maximum atomic E-state index is 12.4. The van der Waals surface area contributed by atoms with Crippen LogP contribution >= 0.6 is 11.8 Å². The molecule has 4 heteroatoms. The minimum Gasteiger partial charge on any atom is -0.399 e. The van der Waals surface area contributed by atoms with Crippen molar-refractivity contribution in [3.63, 3.8) is 0 Å². The van der Waals surface area contributed by atoms with Gasteiger partial charge in [-0.3, -0.25) is 4.79 Å². The highest BCUT2D eigenvalue weighted by Crippen LogP contribution is 2.33. The fourth-order valence-electron chi connectivity index (χ4n) is 2.10. The molecule has 0 aliphatic heterocycles. The minimum atomic E-state index is -0.147. The van der Waals surface area contributed by atoms with Crippen molar-refractivity contribution < 1.29 is 4.79 Å². The highest BCUT2D eigenvalue weighted by Gasteiger charge is 2.09. The zero-order chi connectivity index (χ0) is 16.1. The van der Waals surface area contributed by atoms with Crippen molar-refractivity contribution in [1.82, 2.24) is 0 Å². The summed E-state index contributed by atoms with van der Waals surface area (Å²) in [5, 5.41) is 2.97. The number of carbonyl (C=O) groups is 1. The summed E-state index contributed by atoms with van der Waals surface area (Å²) < 4.78 is 0. The molecule has 3 aromatic carbocycles. The summed E-state index contributed by atoms with van der Waals surface area (Å²) in [4.78, 5) is 14.5. The Morgan fingerprint density at radius 3 is 2.22 bits per heavy atom. The molecule has 0 unspecified atom stereocenters. The second-order valence-electron chi connectivity index (χ2n) is 4.99. The molecule has 0 saturated carbocycles. The molecule has 0 bridgehead atoms. The molecular formula is C19H16N2OS. The van der Waals surface area contributed by atoms with Crippen molar-refractivity contribution in [3.8, 4) is 0 Å². The van der Waals surface area contributed by atoms with Gasteiger partial charge in [-0.25, -0.2) is 0 Å². The van der Waals surface area contributed by atoms with Crippen LogP contribution in [0.15, 0.2) is 88.7 Å². The lowest BCUT2D eigenvalue weighted by Crippen LogP contribution is -2.12. The van der Waals surface area contributed by atoms with Crippen molar-refractivity contribution in [2.75, 3.05) is 11.1 Å². The predicted molar refractivity (Wildman–Crippen MR) is 95.8 cm³/mol. The van der Waals surface area contributed by atoms with E-state index in [2.05, 4.69) is 5.32 Å². The van der Waals surface area contributed by atoms with E-state index in [1.807, 2.05) is 54.6 Å². The van der Waals surface area contributed by atoms with E-state index in [0.717, 1.165) is 15.5 Å². The SMILES string of the molecule is Nc1ccc(C(=O)Nc2ccccc2Sc2ccccc2)cc1. The third kappa shape index (κ3) is 3.93. The van der Waals surface area contributed by atoms with Gasteiger partial charge in [0.15, 0.2) is 0 Å². The van der Waals surface area contributed by atoms with Gasteiger partial charge in [0.25, 0.3) is 5.91 Å². The monoisotopic (exact) mass is 320 g/mol. The molecule has 23 heavy (non-hydrogen) atoms. The molecule has 0 spiro atoms. The van der Waals surface area contributed by atoms with Gasteiger partial charge >= 0.3 is 0 Å². The molecule has 3 N–H and O–H groups in total. The summed E-state index contributed by atoms with van der Waals surface area (Å²) in [6.45, 7) is 0. The molecule has 3 aromatic rings. The molecule has 114 valence electrons. The Morgan fingerprint density at radius 1 is 0.826 bits per heavy atom. The number of hydrogen-bond acceptors (Lipinski definition) is 3. The Labute approximate surface area is 139 Å². The lowest BCUT2D eigenvalue weighted by Gasteiger charge is -2.11. The predicted octanol–water partition coefficient (Wildman–Crippen LogP) is 4.67. The van der Waals surface area contributed by atoms with Gasteiger partial charge in [-0.15, -0.1) is 0 Å². The van der Waals surface area contributed by atoms with Crippen molar-refractivity contribution in [1.29, 1.82) is 0 Å². The minimum absolute atomic E-state index is 0.147. The van der Waals surface area contributed by atoms with Crippen molar-refractivity contribution in [2.45, 2.75) is 9.79 Å². The number of para-hydroxylation sites is 1. The molecule has 0 atom stereocenters. The number of hydrogen-bond donors (Lipinski definition) is 2. The van der Waals surface area contributed by atoms with Gasteiger partial charge < -0.3 is 11.1 Å². The summed E-state index contributed by atoms with van der Waals surface area (Å²) in [5.41, 5.74) is 7.67. The number of nitrogens with one attached hydrogen (secondary N) is 1. The fourth-order valence-corrected chi connectivity index (χ4v) is 3.03. The molecule has 3 rings (SSSR count). The zero-order valence-electron chi connectivity index (χ0n) is 12.4. The second kappa shape index (κ2) is 7.03. The summed E-state index contributed by atoms with van der Waals surface area (Å²) in [6.07, 6.45) is 0. The quantitative estimate of drug-likeness (QED) is 0.687. The fraction of sp³-hybridized carbons (Fsp3) is 0. The van der Waals surface area contributed by atoms with Crippen LogP contribution in [-0.4, -0.2) is 5.91 Å². The molecule has 0 saturated heterocycles. The molecular weight excluding hydrogens is 304 g/mol. The maximum absolute atomic E-state index is 12.4. The lowest BCUT2D eigenvalue weighted by molar-refractivity contribution is 0.102. The van der Waals surface area contributed by atoms with Gasteiger partial charge in [0.1, 0.15) is 0 Å². The van der Waals surface area contributed by atoms with Crippen LogP contribution in [0.4, 0.5) is 11.4 Å². The first-order chi connectivity index (χ1) is 11.2. The standard InChI is InChI=1S/C19H16N2OS/c20-15-12-10-14(11-13-15)19(22)21-17-8-4-5-9-18(17)23-16-6-2-1-3-7-16/h1-13H,20H2,(H,21,22). The zero-order valence-corrected chi connectivity index (χ0v) is 13.2. The van der Waals surface area contributed by atoms with Gasteiger partial charge in [0.05, 0.1) is 5.69 Å². The molecule has 0 heterocycles. The van der Waals surface area contributed by atoms with Crippen LogP contribution in [0.5, 0.6) is 0 Å². The first kappa shape index (κ1) is 15.2. The number of rotatable bonds is 4. The maximum Gasteiger partial charge on any atom is 0.255 e. The van der Waals surface area contributed by atoms with Gasteiger partial charge in [-0.1, -0.05) is 42.1 Å². The van der Waals surface area contributed by atoms with Crippen molar-refractivity contribution in [2.24, 2.45) is 0 Å². The van der Waals surface area contributed by atoms with Crippen LogP contribution in [0.25, 0.3) is 0 Å². The summed E-state index contributed by atoms with van der Waals surface area (Å²) in [6, 6.07) is 24.7. The van der Waals surface area contributed by atoms with Gasteiger partial charge in [0, 0.05) is 21.0 Å². The van der Waals surface area contributed by atoms with E-state index >= 15 is 0 Å². The van der Waals surface area contributed by atoms with Gasteiger partial charge in [-0.05, 0) is 48.5 Å². The summed E-state index contributed by atoms with van der Waals surface area (Å²) in [7, 11) is 0. The van der Waals surface area contributed by atoms with Crippen molar-refractivity contribution in [3.05, 3.63) is 84.4 Å². The molecule has 0 fully saturated rings. The Kier molecular flexibility index (Phi) is 4.64. The normalized spacial score (nSPS) is 10.3. The Morgan fingerprint density at radius 2 is 1.48 bits per heavy atom. The van der Waals surface area contributed by atoms with E-state index < -0.39 is 0 Å². The van der Waals surface area contributed by atoms with E-state index in [9.17, 15) is 4.79 Å². The first-order valence-electron chi connectivity index (χ1n) is 7.21. The first-order valence-corrected chi connectivity index (χ1v) is 8.03. The van der Waals surface area contributed by atoms with E-state index in [1.54, 1.807) is 36.0 Å². The molecule has 0 aromatic heterocycles. The topological polar surface area (TPSA) is 55.1 Å². The van der Waals surface area contributed by atoms with Crippen LogP contribution in [0.2, 0.25) is 0 Å².